The standard InChI is InChI=1S/C15H24O3.3C2H4O2.Pb/c1-13(2,3)17-11-6-5-7-15-8-9-16-12(18-15)10-14(11,15)4;3*1-2(3)4;/h8-9,11-12H,5-7,10H2,1-4H3;3*1H3,(H,3,4);/q+1;;;;+3/p-3/t11-,12+,14+,15+;;;;/m0..../s1. The molecule has 31 heavy (non-hydrogen) atoms. The van der Waals surface area contributed by atoms with Crippen LogP contribution in [0.4, 0.5) is 0 Å². The number of carbonyl (C=O) groups is 3. The second kappa shape index (κ2) is 8.45. The van der Waals surface area contributed by atoms with Crippen LogP contribution in [0.3, 0.4) is 0 Å². The molecule has 1 unspecified atom stereocenters. The molecule has 3 rings (SSSR count). The molecule has 174 valence electrons. The fourth-order valence-electron chi connectivity index (χ4n) is 5.32. The summed E-state index contributed by atoms with van der Waals surface area (Å²) in [7, 11) is 0. The van der Waals surface area contributed by atoms with E-state index in [-0.39, 0.29) is 11.7 Å². The van der Waals surface area contributed by atoms with Crippen molar-refractivity contribution in [2.45, 2.75) is 101 Å². The van der Waals surface area contributed by atoms with Crippen molar-refractivity contribution in [2.24, 2.45) is 5.41 Å². The summed E-state index contributed by atoms with van der Waals surface area (Å²) in [5.74, 6) is -2.06. The van der Waals surface area contributed by atoms with Gasteiger partial charge in [-0.25, -0.2) is 0 Å². The summed E-state index contributed by atoms with van der Waals surface area (Å²) in [4.78, 5) is 36.3. The zero-order chi connectivity index (χ0) is 23.2. The third-order valence-corrected chi connectivity index (χ3v) is 18.2. The van der Waals surface area contributed by atoms with Crippen LogP contribution < -0.4 is 0 Å². The van der Waals surface area contributed by atoms with Crippen LogP contribution in [0.1, 0.15) is 74.1 Å². The molecule has 2 heterocycles. The second-order valence-electron chi connectivity index (χ2n) is 9.80. The Balaban J connectivity index is 2.12. The van der Waals surface area contributed by atoms with Crippen LogP contribution >= 0.6 is 0 Å². The van der Waals surface area contributed by atoms with Crippen molar-refractivity contribution in [1.82, 2.24) is 0 Å². The van der Waals surface area contributed by atoms with Gasteiger partial charge in [0.05, 0.1) is 0 Å². The van der Waals surface area contributed by atoms with Gasteiger partial charge in [0, 0.05) is 0 Å². The number of carbonyl (C=O) groups excluding carboxylic acids is 3. The van der Waals surface area contributed by atoms with E-state index in [0.717, 1.165) is 12.8 Å². The number of hydrogen-bond donors (Lipinski definition) is 0. The molecule has 0 aromatic rings. The second-order valence-corrected chi connectivity index (χ2v) is 19.3. The molecule has 3 aliphatic rings. The summed E-state index contributed by atoms with van der Waals surface area (Å²) >= 11 is -5.47. The van der Waals surface area contributed by atoms with Crippen LogP contribution in [0, 0.1) is 12.0 Å². The van der Waals surface area contributed by atoms with Crippen molar-refractivity contribution in [3.8, 4) is 0 Å². The van der Waals surface area contributed by atoms with Crippen molar-refractivity contribution in [1.29, 1.82) is 0 Å². The van der Waals surface area contributed by atoms with Gasteiger partial charge in [-0.1, -0.05) is 0 Å². The Hall–Kier alpha value is -0.918. The first kappa shape index (κ1) is 24.7. The minimum atomic E-state index is -5.47. The molecule has 10 heteroatoms. The average molecular weight is 637 g/mol. The van der Waals surface area contributed by atoms with Gasteiger partial charge in [0.1, 0.15) is 0 Å². The summed E-state index contributed by atoms with van der Waals surface area (Å²) in [5, 5.41) is 0. The van der Waals surface area contributed by atoms with Gasteiger partial charge in [-0.3, -0.25) is 0 Å². The fraction of sp³-hybridized carbons (Fsp3) is 0.810. The Labute approximate surface area is 190 Å². The maximum absolute atomic E-state index is 12.1. The summed E-state index contributed by atoms with van der Waals surface area (Å²) in [6.45, 7) is 13.2. The zero-order valence-electron chi connectivity index (χ0n) is 19.3. The third kappa shape index (κ3) is 4.60. The molecule has 2 aliphatic heterocycles. The van der Waals surface area contributed by atoms with E-state index in [1.165, 1.54) is 27.4 Å². The monoisotopic (exact) mass is 637 g/mol. The van der Waals surface area contributed by atoms with E-state index in [1.807, 2.05) is 20.8 Å². The number of fused-ring (bicyclic) bond motifs is 1. The van der Waals surface area contributed by atoms with E-state index in [1.54, 1.807) is 0 Å². The fourth-order valence-corrected chi connectivity index (χ4v) is 17.2. The molecular weight excluding hydrogens is 603 g/mol. The van der Waals surface area contributed by atoms with Gasteiger partial charge in [0.25, 0.3) is 0 Å². The molecule has 0 amide bonds. The van der Waals surface area contributed by atoms with Gasteiger partial charge in [0.2, 0.25) is 0 Å². The Morgan fingerprint density at radius 2 is 1.58 bits per heavy atom. The first-order valence-corrected chi connectivity index (χ1v) is 17.7. The molecule has 1 aliphatic carbocycles. The molecule has 2 bridgehead atoms. The van der Waals surface area contributed by atoms with Gasteiger partial charge >= 0.3 is 190 Å². The van der Waals surface area contributed by atoms with Crippen molar-refractivity contribution in [3.63, 3.8) is 0 Å². The molecule has 0 N–H and O–H groups in total. The van der Waals surface area contributed by atoms with Gasteiger partial charge in [-0.15, -0.1) is 0 Å². The zero-order valence-corrected chi connectivity index (χ0v) is 23.2. The third-order valence-electron chi connectivity index (χ3n) is 6.23. The molecular formula is C21H33O9Pb+. The van der Waals surface area contributed by atoms with Crippen LogP contribution in [-0.2, 0) is 36.7 Å². The SMILES string of the molecule is CC(=O)[O][Pb]([O]C(C)=O)([O]C(C)=O)[CH]1[CH+]O[C@H]2C[C@]3(C)[C@@H](OC(C)(C)C)CCC[C@@]13O2. The maximum atomic E-state index is 12.1. The topological polar surface area (TPSA) is 107 Å². The van der Waals surface area contributed by atoms with Gasteiger partial charge in [-0.2, -0.15) is 0 Å². The molecule has 9 nitrogen and oxygen atoms in total. The minimum absolute atomic E-state index is 0.165. The van der Waals surface area contributed by atoms with Crippen LogP contribution in [-0.4, -0.2) is 64.0 Å². The summed E-state index contributed by atoms with van der Waals surface area (Å²) < 4.78 is 34.9. The van der Waals surface area contributed by atoms with Crippen LogP contribution in [0.5, 0.6) is 0 Å². The van der Waals surface area contributed by atoms with Crippen molar-refractivity contribution >= 4 is 40.4 Å². The van der Waals surface area contributed by atoms with E-state index in [9.17, 15) is 14.4 Å². The van der Waals surface area contributed by atoms with E-state index in [0.29, 0.717) is 12.8 Å². The van der Waals surface area contributed by atoms with Crippen LogP contribution in [0.25, 0.3) is 0 Å². The van der Waals surface area contributed by atoms with Crippen molar-refractivity contribution < 1.29 is 36.7 Å². The Morgan fingerprint density at radius 3 is 2.06 bits per heavy atom. The molecule has 1 saturated carbocycles. The van der Waals surface area contributed by atoms with E-state index in [2.05, 4.69) is 6.92 Å². The average Bonchev–Trinajstić information content (AvgIpc) is 2.79. The van der Waals surface area contributed by atoms with E-state index in [4.69, 9.17) is 22.3 Å². The number of hydrogen-bond acceptors (Lipinski definition) is 9. The summed E-state index contributed by atoms with van der Waals surface area (Å²) in [6, 6.07) is 0. The normalized spacial score (nSPS) is 34.9. The number of rotatable bonds is 5. The number of ether oxygens (including phenoxy) is 3. The quantitative estimate of drug-likeness (QED) is 0.333. The molecule has 5 atom stereocenters. The predicted molar refractivity (Wildman–Crippen MR) is 109 cm³/mol. The van der Waals surface area contributed by atoms with Crippen LogP contribution in [0.15, 0.2) is 0 Å². The molecule has 3 fully saturated rings. The Kier molecular flexibility index (Phi) is 6.74. The molecule has 1 spiro atoms. The first-order chi connectivity index (χ1) is 14.2. The van der Waals surface area contributed by atoms with E-state index < -0.39 is 61.2 Å². The molecule has 0 aromatic carbocycles. The Morgan fingerprint density at radius 1 is 1.03 bits per heavy atom. The first-order valence-electron chi connectivity index (χ1n) is 10.7. The molecule has 2 saturated heterocycles. The summed E-state index contributed by atoms with van der Waals surface area (Å²) in [6.07, 6.45) is 2.13. The van der Waals surface area contributed by atoms with Crippen LogP contribution in [0.2, 0.25) is 3.48 Å². The van der Waals surface area contributed by atoms with Gasteiger partial charge in [0.15, 0.2) is 0 Å². The van der Waals surface area contributed by atoms with Crippen molar-refractivity contribution in [3.05, 3.63) is 6.61 Å². The van der Waals surface area contributed by atoms with Gasteiger partial charge < -0.3 is 0 Å². The van der Waals surface area contributed by atoms with Crippen molar-refractivity contribution in [2.75, 3.05) is 0 Å². The Bertz CT molecular complexity index is 707. The van der Waals surface area contributed by atoms with E-state index >= 15 is 0 Å². The van der Waals surface area contributed by atoms with Gasteiger partial charge in [-0.05, 0) is 0 Å². The molecule has 0 aromatic heterocycles. The molecule has 0 radical (unpaired) electrons. The predicted octanol–water partition coefficient (Wildman–Crippen LogP) is 3.04. The summed E-state index contributed by atoms with van der Waals surface area (Å²) in [5.41, 5.74) is -1.83.